The summed E-state index contributed by atoms with van der Waals surface area (Å²) in [5.74, 6) is 1.75. The highest BCUT2D eigenvalue weighted by atomic mass is 32.1. The average molecular weight is 304 g/mol. The molecule has 4 nitrogen and oxygen atoms in total. The summed E-state index contributed by atoms with van der Waals surface area (Å²) in [6.07, 6.45) is 2.91. The van der Waals surface area contributed by atoms with Crippen molar-refractivity contribution in [2.24, 2.45) is 5.92 Å². The summed E-state index contributed by atoms with van der Waals surface area (Å²) in [6, 6.07) is 0.555. The first-order chi connectivity index (χ1) is 9.99. The van der Waals surface area contributed by atoms with Gasteiger partial charge in [-0.05, 0) is 45.3 Å². The summed E-state index contributed by atoms with van der Waals surface area (Å²) < 4.78 is 0. The lowest BCUT2D eigenvalue weighted by molar-refractivity contribution is 0.193. The number of piperidine rings is 1. The van der Waals surface area contributed by atoms with E-state index in [9.17, 15) is 0 Å². The number of thiophene rings is 1. The molecular weight excluding hydrogens is 280 g/mol. The Kier molecular flexibility index (Phi) is 3.88. The molecule has 1 aliphatic heterocycles. The molecule has 2 aromatic rings. The predicted octanol–water partition coefficient (Wildman–Crippen LogP) is 3.08. The predicted molar refractivity (Wildman–Crippen MR) is 90.4 cm³/mol. The Balaban J connectivity index is 2.00. The third-order valence-electron chi connectivity index (χ3n) is 4.84. The molecule has 2 aromatic heterocycles. The minimum atomic E-state index is 0.555. The van der Waals surface area contributed by atoms with Gasteiger partial charge in [-0.15, -0.1) is 11.3 Å². The topological polar surface area (TPSA) is 32.3 Å². The molecule has 0 N–H and O–H groups in total. The first kappa shape index (κ1) is 14.7. The van der Waals surface area contributed by atoms with E-state index in [2.05, 4.69) is 54.6 Å². The van der Waals surface area contributed by atoms with Crippen LogP contribution in [0.1, 0.15) is 23.8 Å². The maximum atomic E-state index is 4.62. The lowest BCUT2D eigenvalue weighted by Crippen LogP contribution is -2.48. The smallest absolute Gasteiger partial charge is 0.141 e. The molecule has 0 aromatic carbocycles. The second-order valence-corrected chi connectivity index (χ2v) is 7.57. The molecule has 0 bridgehead atoms. The zero-order chi connectivity index (χ0) is 15.1. The van der Waals surface area contributed by atoms with E-state index >= 15 is 0 Å². The van der Waals surface area contributed by atoms with Gasteiger partial charge in [-0.1, -0.05) is 6.92 Å². The molecule has 0 radical (unpaired) electrons. The largest absolute Gasteiger partial charge is 0.356 e. The van der Waals surface area contributed by atoms with E-state index in [4.69, 9.17) is 0 Å². The molecule has 0 spiro atoms. The third kappa shape index (κ3) is 2.53. The summed E-state index contributed by atoms with van der Waals surface area (Å²) in [6.45, 7) is 9.03. The summed E-state index contributed by atoms with van der Waals surface area (Å²) in [7, 11) is 4.41. The Bertz CT molecular complexity index is 651. The molecule has 5 heteroatoms. The van der Waals surface area contributed by atoms with Crippen LogP contribution in [-0.2, 0) is 0 Å². The molecule has 1 fully saturated rings. The van der Waals surface area contributed by atoms with Crippen molar-refractivity contribution >= 4 is 27.4 Å². The summed E-state index contributed by atoms with van der Waals surface area (Å²) >= 11 is 1.77. The second-order valence-electron chi connectivity index (χ2n) is 6.37. The van der Waals surface area contributed by atoms with Crippen LogP contribution in [0, 0.1) is 19.8 Å². The van der Waals surface area contributed by atoms with E-state index in [1.165, 1.54) is 22.2 Å². The Hall–Kier alpha value is -1.20. The molecule has 0 amide bonds. The number of rotatable bonds is 2. The molecule has 114 valence electrons. The van der Waals surface area contributed by atoms with E-state index < -0.39 is 0 Å². The van der Waals surface area contributed by atoms with Crippen molar-refractivity contribution in [3.05, 3.63) is 16.8 Å². The molecule has 21 heavy (non-hydrogen) atoms. The van der Waals surface area contributed by atoms with Gasteiger partial charge in [0.1, 0.15) is 17.0 Å². The fraction of sp³-hybridized carbons (Fsp3) is 0.625. The lowest BCUT2D eigenvalue weighted by atomic mass is 9.93. The number of anilines is 1. The van der Waals surface area contributed by atoms with Gasteiger partial charge in [-0.3, -0.25) is 0 Å². The number of hydrogen-bond donors (Lipinski definition) is 0. The highest BCUT2D eigenvalue weighted by Crippen LogP contribution is 2.35. The van der Waals surface area contributed by atoms with E-state index in [0.717, 1.165) is 23.7 Å². The number of hydrogen-bond acceptors (Lipinski definition) is 5. The molecule has 0 saturated carbocycles. The number of nitrogens with zero attached hydrogens (tertiary/aromatic N) is 4. The van der Waals surface area contributed by atoms with E-state index in [0.29, 0.717) is 12.0 Å². The highest BCUT2D eigenvalue weighted by molar-refractivity contribution is 7.18. The molecule has 0 aliphatic carbocycles. The van der Waals surface area contributed by atoms with Crippen molar-refractivity contribution in [2.75, 3.05) is 32.1 Å². The fourth-order valence-electron chi connectivity index (χ4n) is 3.51. The summed E-state index contributed by atoms with van der Waals surface area (Å²) in [5, 5.41) is 1.24. The first-order valence-corrected chi connectivity index (χ1v) is 8.42. The van der Waals surface area contributed by atoms with Gasteiger partial charge in [0.2, 0.25) is 0 Å². The van der Waals surface area contributed by atoms with Crippen LogP contribution in [0.25, 0.3) is 10.2 Å². The normalized spacial score (nSPS) is 23.7. The van der Waals surface area contributed by atoms with Crippen molar-refractivity contribution in [3.63, 3.8) is 0 Å². The highest BCUT2D eigenvalue weighted by Gasteiger charge is 2.29. The van der Waals surface area contributed by atoms with Crippen molar-refractivity contribution in [1.29, 1.82) is 0 Å². The van der Waals surface area contributed by atoms with Crippen molar-refractivity contribution in [1.82, 2.24) is 14.9 Å². The van der Waals surface area contributed by atoms with Crippen LogP contribution in [0.15, 0.2) is 6.33 Å². The number of fused-ring (bicyclic) bond motifs is 1. The van der Waals surface area contributed by atoms with Crippen LogP contribution in [0.3, 0.4) is 0 Å². The molecule has 3 heterocycles. The third-order valence-corrected chi connectivity index (χ3v) is 5.96. The van der Waals surface area contributed by atoms with Crippen LogP contribution < -0.4 is 4.90 Å². The lowest BCUT2D eigenvalue weighted by Gasteiger charge is -2.40. The van der Waals surface area contributed by atoms with E-state index in [1.54, 1.807) is 17.7 Å². The number of aryl methyl sites for hydroxylation is 2. The quantitative estimate of drug-likeness (QED) is 0.853. The van der Waals surface area contributed by atoms with Gasteiger partial charge in [-0.25, -0.2) is 9.97 Å². The maximum Gasteiger partial charge on any atom is 0.141 e. The van der Waals surface area contributed by atoms with Gasteiger partial charge in [0, 0.05) is 24.5 Å². The van der Waals surface area contributed by atoms with Crippen molar-refractivity contribution in [3.8, 4) is 0 Å². The van der Waals surface area contributed by atoms with Crippen LogP contribution in [0.4, 0.5) is 5.82 Å². The SMILES string of the molecule is Cc1sc2ncnc(N(C)[C@@H]3CCN(C)C[C@H]3C)c2c1C. The monoisotopic (exact) mass is 304 g/mol. The van der Waals surface area contributed by atoms with Gasteiger partial charge in [0.15, 0.2) is 0 Å². The average Bonchev–Trinajstić information content (AvgIpc) is 2.73. The molecule has 2 atom stereocenters. The Morgan fingerprint density at radius 1 is 1.33 bits per heavy atom. The molecule has 1 saturated heterocycles. The Labute approximate surface area is 130 Å². The fourth-order valence-corrected chi connectivity index (χ4v) is 4.50. The summed E-state index contributed by atoms with van der Waals surface area (Å²) in [4.78, 5) is 16.3. The van der Waals surface area contributed by atoms with Gasteiger partial charge in [-0.2, -0.15) is 0 Å². The van der Waals surface area contributed by atoms with E-state index in [1.807, 2.05) is 0 Å². The Morgan fingerprint density at radius 3 is 2.81 bits per heavy atom. The minimum Gasteiger partial charge on any atom is -0.356 e. The second kappa shape index (κ2) is 5.54. The summed E-state index contributed by atoms with van der Waals surface area (Å²) in [5.41, 5.74) is 1.33. The molecule has 3 rings (SSSR count). The molecule has 0 unspecified atom stereocenters. The van der Waals surface area contributed by atoms with Gasteiger partial charge >= 0.3 is 0 Å². The van der Waals surface area contributed by atoms with Gasteiger partial charge in [0.05, 0.1) is 5.39 Å². The zero-order valence-electron chi connectivity index (χ0n) is 13.6. The van der Waals surface area contributed by atoms with Crippen LogP contribution in [-0.4, -0.2) is 48.1 Å². The van der Waals surface area contributed by atoms with E-state index in [-0.39, 0.29) is 0 Å². The Morgan fingerprint density at radius 2 is 2.10 bits per heavy atom. The number of aromatic nitrogens is 2. The molecular formula is C16H24N4S. The first-order valence-electron chi connectivity index (χ1n) is 7.61. The van der Waals surface area contributed by atoms with Crippen molar-refractivity contribution < 1.29 is 0 Å². The number of likely N-dealkylation sites (tertiary alicyclic amines) is 1. The molecule has 1 aliphatic rings. The van der Waals surface area contributed by atoms with Gasteiger partial charge in [0.25, 0.3) is 0 Å². The minimum absolute atomic E-state index is 0.555. The van der Waals surface area contributed by atoms with Crippen LogP contribution >= 0.6 is 11.3 Å². The van der Waals surface area contributed by atoms with Crippen LogP contribution in [0.2, 0.25) is 0 Å². The zero-order valence-corrected chi connectivity index (χ0v) is 14.4. The van der Waals surface area contributed by atoms with Gasteiger partial charge < -0.3 is 9.80 Å². The van der Waals surface area contributed by atoms with Crippen LogP contribution in [0.5, 0.6) is 0 Å². The van der Waals surface area contributed by atoms with Crippen molar-refractivity contribution in [2.45, 2.75) is 33.2 Å². The maximum absolute atomic E-state index is 4.62. The standard InChI is InChI=1S/C16H24N4S/c1-10-8-19(4)7-6-13(10)20(5)15-14-11(2)12(3)21-16(14)18-9-17-15/h9-10,13H,6-8H2,1-5H3/t10-,13-/m1/s1.